The maximum atomic E-state index is 5.11. The monoisotopic (exact) mass is 555 g/mol. The van der Waals surface area contributed by atoms with Gasteiger partial charge in [0, 0.05) is 55.2 Å². The molecule has 5 nitrogen and oxygen atoms in total. The van der Waals surface area contributed by atoms with Crippen LogP contribution in [0.2, 0.25) is 0 Å². The van der Waals surface area contributed by atoms with Crippen molar-refractivity contribution in [3.05, 3.63) is 128 Å². The van der Waals surface area contributed by atoms with Crippen LogP contribution in [0.3, 0.4) is 0 Å². The summed E-state index contributed by atoms with van der Waals surface area (Å²) in [5.74, 6) is 1.90. The van der Waals surface area contributed by atoms with Crippen molar-refractivity contribution in [2.24, 2.45) is 0 Å². The molecule has 42 heavy (non-hydrogen) atoms. The zero-order valence-electron chi connectivity index (χ0n) is 22.3. The normalized spacial score (nSPS) is 11.8. The fourth-order valence-electron chi connectivity index (χ4n) is 5.97. The first-order valence-electron chi connectivity index (χ1n) is 13.8. The molecule has 0 aliphatic carbocycles. The molecule has 9 aromatic rings. The van der Waals surface area contributed by atoms with E-state index in [0.717, 1.165) is 27.5 Å². The van der Waals surface area contributed by atoms with Gasteiger partial charge in [-0.15, -0.1) is 11.3 Å². The lowest BCUT2D eigenvalue weighted by atomic mass is 10.1. The van der Waals surface area contributed by atoms with Crippen LogP contribution in [0.4, 0.5) is 0 Å². The number of hydrogen-bond donors (Lipinski definition) is 0. The molecule has 0 aliphatic heterocycles. The van der Waals surface area contributed by atoms with E-state index in [2.05, 4.69) is 64.1 Å². The van der Waals surface area contributed by atoms with Gasteiger partial charge in [0.05, 0.1) is 15.7 Å². The summed E-state index contributed by atoms with van der Waals surface area (Å²) in [5, 5.41) is 7.14. The highest BCUT2D eigenvalue weighted by atomic mass is 32.1. The minimum atomic E-state index is 0.605. The smallest absolute Gasteiger partial charge is 0.238 e. The number of para-hydroxylation sites is 1. The third-order valence-electron chi connectivity index (χ3n) is 7.92. The van der Waals surface area contributed by atoms with Crippen LogP contribution in [0.5, 0.6) is 0 Å². The van der Waals surface area contributed by atoms with Gasteiger partial charge in [0.1, 0.15) is 0 Å². The van der Waals surface area contributed by atoms with Gasteiger partial charge < -0.3 is 0 Å². The molecule has 0 N–H and O–H groups in total. The average molecular weight is 556 g/mol. The van der Waals surface area contributed by atoms with Crippen LogP contribution < -0.4 is 0 Å². The maximum absolute atomic E-state index is 5.11. The van der Waals surface area contributed by atoms with Crippen LogP contribution in [0.25, 0.3) is 81.5 Å². The molecule has 0 unspecified atom stereocenters. The predicted molar refractivity (Wildman–Crippen MR) is 173 cm³/mol. The molecule has 0 saturated heterocycles. The molecule has 0 aliphatic rings. The minimum absolute atomic E-state index is 0.605. The summed E-state index contributed by atoms with van der Waals surface area (Å²) in [6.45, 7) is 0. The Morgan fingerprint density at radius 2 is 1.24 bits per heavy atom. The van der Waals surface area contributed by atoms with E-state index in [0.29, 0.717) is 17.6 Å². The second-order valence-corrected chi connectivity index (χ2v) is 11.4. The van der Waals surface area contributed by atoms with Crippen LogP contribution in [-0.4, -0.2) is 24.5 Å². The molecule has 0 fully saturated rings. The SMILES string of the molecule is c1ccc(-c2nc(-c3ccccc3)nc(-n3c4ccccc4c4ccc5c6cc7cnccc7cc6sc5c43)n2)cc1. The molecular weight excluding hydrogens is 534 g/mol. The molecular formula is C36H21N5S. The summed E-state index contributed by atoms with van der Waals surface area (Å²) in [6.07, 6.45) is 3.79. The van der Waals surface area contributed by atoms with Crippen LogP contribution in [0.1, 0.15) is 0 Å². The second kappa shape index (κ2) is 9.03. The number of rotatable bonds is 3. The van der Waals surface area contributed by atoms with Crippen molar-refractivity contribution in [1.82, 2.24) is 24.5 Å². The van der Waals surface area contributed by atoms with Gasteiger partial charge in [0.15, 0.2) is 11.6 Å². The first kappa shape index (κ1) is 23.3. The predicted octanol–water partition coefficient (Wildman–Crippen LogP) is 9.22. The number of thiophene rings is 1. The number of fused-ring (bicyclic) bond motifs is 8. The van der Waals surface area contributed by atoms with Crippen molar-refractivity contribution in [2.45, 2.75) is 0 Å². The largest absolute Gasteiger partial charge is 0.276 e. The summed E-state index contributed by atoms with van der Waals surface area (Å²) >= 11 is 1.82. The zero-order valence-corrected chi connectivity index (χ0v) is 23.1. The first-order valence-corrected chi connectivity index (χ1v) is 14.6. The van der Waals surface area contributed by atoms with Crippen molar-refractivity contribution < 1.29 is 0 Å². The van der Waals surface area contributed by atoms with E-state index in [-0.39, 0.29) is 0 Å². The minimum Gasteiger partial charge on any atom is -0.276 e. The summed E-state index contributed by atoms with van der Waals surface area (Å²) in [6, 6.07) is 39.9. The fourth-order valence-corrected chi connectivity index (χ4v) is 7.24. The van der Waals surface area contributed by atoms with Gasteiger partial charge in [-0.05, 0) is 29.7 Å². The Bertz CT molecular complexity index is 2400. The Morgan fingerprint density at radius 3 is 2.00 bits per heavy atom. The van der Waals surface area contributed by atoms with Gasteiger partial charge in [-0.3, -0.25) is 9.55 Å². The fraction of sp³-hybridized carbons (Fsp3) is 0. The molecule has 5 aromatic carbocycles. The number of hydrogen-bond acceptors (Lipinski definition) is 5. The van der Waals surface area contributed by atoms with E-state index in [1.165, 1.54) is 36.3 Å². The third kappa shape index (κ3) is 3.49. The van der Waals surface area contributed by atoms with E-state index < -0.39 is 0 Å². The van der Waals surface area contributed by atoms with Crippen molar-refractivity contribution >= 4 is 64.1 Å². The molecule has 9 rings (SSSR count). The Labute approximate surface area is 244 Å². The lowest BCUT2D eigenvalue weighted by molar-refractivity contribution is 0.955. The quantitative estimate of drug-likeness (QED) is 0.218. The van der Waals surface area contributed by atoms with Crippen molar-refractivity contribution in [1.29, 1.82) is 0 Å². The molecule has 0 radical (unpaired) electrons. The molecule has 6 heteroatoms. The molecule has 0 spiro atoms. The van der Waals surface area contributed by atoms with Crippen LogP contribution in [-0.2, 0) is 0 Å². The van der Waals surface area contributed by atoms with Gasteiger partial charge in [-0.1, -0.05) is 91.0 Å². The molecule has 196 valence electrons. The molecule has 4 aromatic heterocycles. The van der Waals surface area contributed by atoms with Crippen molar-refractivity contribution in [2.75, 3.05) is 0 Å². The molecule has 0 saturated carbocycles. The van der Waals surface area contributed by atoms with Gasteiger partial charge in [0.25, 0.3) is 0 Å². The standard InChI is InChI=1S/C36H21N5S/c1-3-9-22(10-4-1)34-38-35(23-11-5-2-6-12-23)40-36(39-34)41-30-14-8-7-13-26(30)27-15-16-28-29-19-25-21-37-18-17-24(25)20-31(29)42-33(28)32(27)41/h1-21H. The molecule has 0 amide bonds. The first-order chi connectivity index (χ1) is 20.8. The molecule has 0 atom stereocenters. The number of nitrogens with zero attached hydrogens (tertiary/aromatic N) is 5. The van der Waals surface area contributed by atoms with Crippen LogP contribution >= 0.6 is 11.3 Å². The van der Waals surface area contributed by atoms with Gasteiger partial charge in [-0.25, -0.2) is 4.98 Å². The summed E-state index contributed by atoms with van der Waals surface area (Å²) in [5.41, 5.74) is 4.08. The summed E-state index contributed by atoms with van der Waals surface area (Å²) < 4.78 is 4.69. The highest BCUT2D eigenvalue weighted by molar-refractivity contribution is 7.26. The number of aromatic nitrogens is 5. The Kier molecular flexibility index (Phi) is 5.00. The molecule has 0 bridgehead atoms. The van der Waals surface area contributed by atoms with E-state index in [1.54, 1.807) is 0 Å². The van der Waals surface area contributed by atoms with Crippen molar-refractivity contribution in [3.8, 4) is 28.7 Å². The van der Waals surface area contributed by atoms with Gasteiger partial charge in [0.2, 0.25) is 5.95 Å². The van der Waals surface area contributed by atoms with Gasteiger partial charge >= 0.3 is 0 Å². The van der Waals surface area contributed by atoms with E-state index in [4.69, 9.17) is 15.0 Å². The second-order valence-electron chi connectivity index (χ2n) is 10.4. The zero-order chi connectivity index (χ0) is 27.6. The topological polar surface area (TPSA) is 56.5 Å². The average Bonchev–Trinajstić information content (AvgIpc) is 3.59. The highest BCUT2D eigenvalue weighted by Crippen LogP contribution is 2.43. The molecule has 4 heterocycles. The lowest BCUT2D eigenvalue weighted by Crippen LogP contribution is -2.06. The highest BCUT2D eigenvalue weighted by Gasteiger charge is 2.21. The lowest BCUT2D eigenvalue weighted by Gasteiger charge is -2.11. The number of benzene rings is 5. The van der Waals surface area contributed by atoms with Crippen LogP contribution in [0.15, 0.2) is 128 Å². The van der Waals surface area contributed by atoms with Crippen LogP contribution in [0, 0.1) is 0 Å². The Balaban J connectivity index is 1.42. The Morgan fingerprint density at radius 1 is 0.548 bits per heavy atom. The summed E-state index contributed by atoms with van der Waals surface area (Å²) in [4.78, 5) is 19.5. The summed E-state index contributed by atoms with van der Waals surface area (Å²) in [7, 11) is 0. The maximum Gasteiger partial charge on any atom is 0.238 e. The Hall–Kier alpha value is -5.46. The van der Waals surface area contributed by atoms with E-state index >= 15 is 0 Å². The third-order valence-corrected chi connectivity index (χ3v) is 9.09. The number of pyridine rings is 1. The van der Waals surface area contributed by atoms with E-state index in [9.17, 15) is 0 Å². The van der Waals surface area contributed by atoms with Crippen molar-refractivity contribution in [3.63, 3.8) is 0 Å². The van der Waals surface area contributed by atoms with E-state index in [1.807, 2.05) is 84.4 Å². The van der Waals surface area contributed by atoms with Gasteiger partial charge in [-0.2, -0.15) is 9.97 Å².